The molecule has 0 aliphatic heterocycles. The number of hydrogen-bond acceptors (Lipinski definition) is 6. The predicted molar refractivity (Wildman–Crippen MR) is 113 cm³/mol. The molecule has 0 spiro atoms. The molecule has 3 N–H and O–H groups in total. The first-order chi connectivity index (χ1) is 13.2. The van der Waals surface area contributed by atoms with E-state index in [1.807, 2.05) is 32.9 Å². The van der Waals surface area contributed by atoms with Crippen LogP contribution in [0, 0.1) is 19.8 Å². The van der Waals surface area contributed by atoms with Crippen LogP contribution in [-0.2, 0) is 11.4 Å². The van der Waals surface area contributed by atoms with Crippen LogP contribution in [0.2, 0.25) is 0 Å². The van der Waals surface area contributed by atoms with E-state index in [0.29, 0.717) is 16.9 Å². The second-order valence-corrected chi connectivity index (χ2v) is 8.55. The summed E-state index contributed by atoms with van der Waals surface area (Å²) in [5.41, 5.74) is 2.27. The normalized spacial score (nSPS) is 12.2. The Morgan fingerprint density at radius 2 is 1.86 bits per heavy atom. The number of hydrogen-bond donors (Lipinski definition) is 2. The monoisotopic (exact) mass is 405 g/mol. The fourth-order valence-corrected chi connectivity index (χ4v) is 3.46. The van der Waals surface area contributed by atoms with Crippen molar-refractivity contribution in [3.63, 3.8) is 0 Å². The molecule has 0 saturated carbocycles. The van der Waals surface area contributed by atoms with E-state index >= 15 is 0 Å². The minimum Gasteiger partial charge on any atom is -0.486 e. The van der Waals surface area contributed by atoms with Crippen molar-refractivity contribution in [3.05, 3.63) is 35.2 Å². The van der Waals surface area contributed by atoms with Crippen LogP contribution in [0.3, 0.4) is 0 Å². The second kappa shape index (κ2) is 10.4. The molecule has 0 aliphatic rings. The molecule has 7 nitrogen and oxygen atoms in total. The highest BCUT2D eigenvalue weighted by molar-refractivity contribution is 7.99. The lowest BCUT2D eigenvalue weighted by molar-refractivity contribution is -0.119. The van der Waals surface area contributed by atoms with Crippen LogP contribution < -0.4 is 15.9 Å². The van der Waals surface area contributed by atoms with Gasteiger partial charge in [0.2, 0.25) is 11.1 Å². The Bertz CT molecular complexity index is 771. The standard InChI is InChI=1S/C20H31N5O2S/c1-13(2)6-7-16(5)22-19(26)12-28-20-24-23-18(25(20)21)11-27-17-9-14(3)8-15(4)10-17/h8-10,13,16H,6-7,11-12,21H2,1-5H3,(H,22,26). The lowest BCUT2D eigenvalue weighted by Crippen LogP contribution is -2.34. The van der Waals surface area contributed by atoms with Crippen LogP contribution >= 0.6 is 11.8 Å². The number of nitrogens with two attached hydrogens (primary N) is 1. The highest BCUT2D eigenvalue weighted by atomic mass is 32.2. The van der Waals surface area contributed by atoms with Gasteiger partial charge in [-0.15, -0.1) is 10.2 Å². The molecular formula is C20H31N5O2S. The van der Waals surface area contributed by atoms with Gasteiger partial charge in [0.25, 0.3) is 0 Å². The average molecular weight is 406 g/mol. The maximum absolute atomic E-state index is 12.1. The van der Waals surface area contributed by atoms with Crippen molar-refractivity contribution in [3.8, 4) is 5.75 Å². The zero-order valence-electron chi connectivity index (χ0n) is 17.4. The van der Waals surface area contributed by atoms with Gasteiger partial charge in [0.15, 0.2) is 5.82 Å². The lowest BCUT2D eigenvalue weighted by atomic mass is 10.0. The summed E-state index contributed by atoms with van der Waals surface area (Å²) in [6.45, 7) is 10.6. The van der Waals surface area contributed by atoms with Crippen molar-refractivity contribution in [2.75, 3.05) is 11.6 Å². The number of carbonyl (C=O) groups excluding carboxylic acids is 1. The topological polar surface area (TPSA) is 95.1 Å². The summed E-state index contributed by atoms with van der Waals surface area (Å²) in [4.78, 5) is 12.1. The SMILES string of the molecule is Cc1cc(C)cc(OCc2nnc(SCC(=O)NC(C)CCC(C)C)n2N)c1. The van der Waals surface area contributed by atoms with Crippen LogP contribution in [0.15, 0.2) is 23.4 Å². The van der Waals surface area contributed by atoms with Gasteiger partial charge in [0.1, 0.15) is 12.4 Å². The van der Waals surface area contributed by atoms with Crippen LogP contribution in [0.5, 0.6) is 5.75 Å². The number of nitrogens with zero attached hydrogens (tertiary/aromatic N) is 3. The van der Waals surface area contributed by atoms with E-state index in [-0.39, 0.29) is 24.3 Å². The number of carbonyl (C=O) groups is 1. The summed E-state index contributed by atoms with van der Waals surface area (Å²) in [5.74, 6) is 8.18. The van der Waals surface area contributed by atoms with Gasteiger partial charge in [-0.05, 0) is 62.8 Å². The third-order valence-electron chi connectivity index (χ3n) is 4.22. The Morgan fingerprint density at radius 3 is 2.50 bits per heavy atom. The molecule has 2 aromatic rings. The smallest absolute Gasteiger partial charge is 0.230 e. The molecule has 1 amide bonds. The number of nitrogen functional groups attached to an aromatic ring is 1. The molecule has 0 bridgehead atoms. The molecule has 1 unspecified atom stereocenters. The Hall–Kier alpha value is -2.22. The van der Waals surface area contributed by atoms with Crippen LogP contribution in [0.1, 0.15) is 50.6 Å². The van der Waals surface area contributed by atoms with E-state index in [4.69, 9.17) is 10.6 Å². The van der Waals surface area contributed by atoms with Crippen molar-refractivity contribution >= 4 is 17.7 Å². The lowest BCUT2D eigenvalue weighted by Gasteiger charge is -2.14. The molecule has 0 fully saturated rings. The number of nitrogens with one attached hydrogen (secondary N) is 1. The van der Waals surface area contributed by atoms with Crippen LogP contribution in [0.4, 0.5) is 0 Å². The highest BCUT2D eigenvalue weighted by Crippen LogP contribution is 2.19. The van der Waals surface area contributed by atoms with Gasteiger partial charge in [0.05, 0.1) is 5.75 Å². The van der Waals surface area contributed by atoms with Crippen molar-refractivity contribution in [2.45, 2.75) is 65.3 Å². The fourth-order valence-electron chi connectivity index (χ4n) is 2.77. The Labute approximate surface area is 171 Å². The van der Waals surface area contributed by atoms with E-state index in [0.717, 1.165) is 29.7 Å². The van der Waals surface area contributed by atoms with Gasteiger partial charge >= 0.3 is 0 Å². The molecule has 8 heteroatoms. The Balaban J connectivity index is 1.82. The van der Waals surface area contributed by atoms with E-state index < -0.39 is 0 Å². The first-order valence-electron chi connectivity index (χ1n) is 9.57. The van der Waals surface area contributed by atoms with Crippen LogP contribution in [0.25, 0.3) is 0 Å². The third-order valence-corrected chi connectivity index (χ3v) is 5.16. The third kappa shape index (κ3) is 7.07. The molecule has 1 aromatic carbocycles. The summed E-state index contributed by atoms with van der Waals surface area (Å²) in [7, 11) is 0. The van der Waals surface area contributed by atoms with E-state index in [1.165, 1.54) is 16.4 Å². The maximum atomic E-state index is 12.1. The van der Waals surface area contributed by atoms with Gasteiger partial charge in [-0.3, -0.25) is 4.79 Å². The van der Waals surface area contributed by atoms with Crippen LogP contribution in [-0.4, -0.2) is 32.6 Å². The molecule has 2 rings (SSSR count). The van der Waals surface area contributed by atoms with Gasteiger partial charge in [-0.25, -0.2) is 4.68 Å². The number of rotatable bonds is 10. The van der Waals surface area contributed by atoms with E-state index in [2.05, 4.69) is 35.4 Å². The molecule has 1 heterocycles. The van der Waals surface area contributed by atoms with Crippen molar-refractivity contribution in [2.24, 2.45) is 5.92 Å². The molecule has 0 saturated heterocycles. The molecule has 0 radical (unpaired) electrons. The van der Waals surface area contributed by atoms with E-state index in [9.17, 15) is 4.79 Å². The zero-order valence-corrected chi connectivity index (χ0v) is 18.2. The second-order valence-electron chi connectivity index (χ2n) is 7.61. The molecule has 28 heavy (non-hydrogen) atoms. The summed E-state index contributed by atoms with van der Waals surface area (Å²) in [6.07, 6.45) is 2.07. The number of benzene rings is 1. The number of ether oxygens (including phenoxy) is 1. The summed E-state index contributed by atoms with van der Waals surface area (Å²) in [6, 6.07) is 6.17. The van der Waals surface area contributed by atoms with E-state index in [1.54, 1.807) is 0 Å². The number of aromatic nitrogens is 3. The van der Waals surface area contributed by atoms with Gasteiger partial charge in [-0.2, -0.15) is 0 Å². The molecule has 1 atom stereocenters. The fraction of sp³-hybridized carbons (Fsp3) is 0.550. The molecule has 154 valence electrons. The zero-order chi connectivity index (χ0) is 20.7. The van der Waals surface area contributed by atoms with Gasteiger partial charge in [0, 0.05) is 6.04 Å². The summed E-state index contributed by atoms with van der Waals surface area (Å²) < 4.78 is 7.16. The minimum atomic E-state index is -0.0303. The van der Waals surface area contributed by atoms with Crippen molar-refractivity contribution in [1.29, 1.82) is 0 Å². The van der Waals surface area contributed by atoms with Crippen molar-refractivity contribution in [1.82, 2.24) is 20.2 Å². The first kappa shape index (κ1) is 22.1. The quantitative estimate of drug-likeness (QED) is 0.465. The Kier molecular flexibility index (Phi) is 8.17. The molecule has 1 aromatic heterocycles. The first-order valence-corrected chi connectivity index (χ1v) is 10.6. The number of aryl methyl sites for hydroxylation is 2. The van der Waals surface area contributed by atoms with Gasteiger partial charge in [-0.1, -0.05) is 31.7 Å². The summed E-state index contributed by atoms with van der Waals surface area (Å²) >= 11 is 1.27. The Morgan fingerprint density at radius 1 is 1.18 bits per heavy atom. The summed E-state index contributed by atoms with van der Waals surface area (Å²) in [5, 5.41) is 11.6. The number of amides is 1. The van der Waals surface area contributed by atoms with Crippen molar-refractivity contribution < 1.29 is 9.53 Å². The highest BCUT2D eigenvalue weighted by Gasteiger charge is 2.14. The minimum absolute atomic E-state index is 0.0303. The number of thioether (sulfide) groups is 1. The maximum Gasteiger partial charge on any atom is 0.230 e. The molecule has 0 aliphatic carbocycles. The predicted octanol–water partition coefficient (Wildman–Crippen LogP) is 3.22. The average Bonchev–Trinajstić information content (AvgIpc) is 2.95. The van der Waals surface area contributed by atoms with Gasteiger partial charge < -0.3 is 15.9 Å². The molecular weight excluding hydrogens is 374 g/mol. The largest absolute Gasteiger partial charge is 0.486 e.